The van der Waals surface area contributed by atoms with Crippen LogP contribution in [0.25, 0.3) is 10.2 Å². The van der Waals surface area contributed by atoms with Gasteiger partial charge in [-0.1, -0.05) is 5.21 Å². The summed E-state index contributed by atoms with van der Waals surface area (Å²) in [6.45, 7) is 3.59. The van der Waals surface area contributed by atoms with E-state index >= 15 is 0 Å². The van der Waals surface area contributed by atoms with Crippen molar-refractivity contribution in [2.75, 3.05) is 11.9 Å². The van der Waals surface area contributed by atoms with Gasteiger partial charge >= 0.3 is 0 Å². The molecule has 0 bridgehead atoms. The quantitative estimate of drug-likeness (QED) is 0.773. The molecule has 3 rings (SSSR count). The Balaban J connectivity index is 1.74. The van der Waals surface area contributed by atoms with Gasteiger partial charge in [0.25, 0.3) is 0 Å². The molecule has 0 unspecified atom stereocenters. The highest BCUT2D eigenvalue weighted by atomic mass is 32.1. The Morgan fingerprint density at radius 1 is 1.39 bits per heavy atom. The molecule has 0 saturated carbocycles. The van der Waals surface area contributed by atoms with Crippen molar-refractivity contribution in [1.82, 2.24) is 25.0 Å². The Labute approximate surface area is 108 Å². The predicted octanol–water partition coefficient (Wildman–Crippen LogP) is 1.70. The van der Waals surface area contributed by atoms with Crippen LogP contribution in [0.1, 0.15) is 4.88 Å². The van der Waals surface area contributed by atoms with E-state index < -0.39 is 0 Å². The first-order chi connectivity index (χ1) is 8.83. The average molecular weight is 260 g/mol. The molecular formula is C11H12N6S. The van der Waals surface area contributed by atoms with Crippen molar-refractivity contribution in [2.24, 2.45) is 0 Å². The fourth-order valence-corrected chi connectivity index (χ4v) is 2.60. The zero-order chi connectivity index (χ0) is 12.4. The molecule has 0 aliphatic carbocycles. The lowest BCUT2D eigenvalue weighted by Gasteiger charge is -2.05. The number of aryl methyl sites for hydroxylation is 1. The van der Waals surface area contributed by atoms with E-state index in [4.69, 9.17) is 0 Å². The van der Waals surface area contributed by atoms with Gasteiger partial charge in [-0.15, -0.1) is 16.4 Å². The molecule has 0 saturated heterocycles. The molecule has 0 spiro atoms. The lowest BCUT2D eigenvalue weighted by molar-refractivity contribution is 0.608. The summed E-state index contributed by atoms with van der Waals surface area (Å²) in [6.07, 6.45) is 5.10. The molecule has 0 aliphatic heterocycles. The SMILES string of the molecule is Cc1cc2c(NCCn3ccnn3)ncnc2s1. The Kier molecular flexibility index (Phi) is 2.89. The minimum absolute atomic E-state index is 0.754. The molecule has 6 nitrogen and oxygen atoms in total. The van der Waals surface area contributed by atoms with Gasteiger partial charge in [-0.25, -0.2) is 9.97 Å². The van der Waals surface area contributed by atoms with Crippen LogP contribution in [0.5, 0.6) is 0 Å². The highest BCUT2D eigenvalue weighted by molar-refractivity contribution is 7.18. The number of anilines is 1. The van der Waals surface area contributed by atoms with Crippen molar-refractivity contribution in [2.45, 2.75) is 13.5 Å². The molecule has 0 aliphatic rings. The molecule has 7 heteroatoms. The smallest absolute Gasteiger partial charge is 0.138 e. The number of hydrogen-bond acceptors (Lipinski definition) is 6. The molecule has 18 heavy (non-hydrogen) atoms. The molecule has 0 fully saturated rings. The van der Waals surface area contributed by atoms with Crippen LogP contribution in [0.4, 0.5) is 5.82 Å². The summed E-state index contributed by atoms with van der Waals surface area (Å²) in [7, 11) is 0. The summed E-state index contributed by atoms with van der Waals surface area (Å²) < 4.78 is 1.78. The lowest BCUT2D eigenvalue weighted by atomic mass is 10.3. The lowest BCUT2D eigenvalue weighted by Crippen LogP contribution is -2.12. The molecule has 1 N–H and O–H groups in total. The number of fused-ring (bicyclic) bond motifs is 1. The van der Waals surface area contributed by atoms with Gasteiger partial charge in [0.1, 0.15) is 17.0 Å². The van der Waals surface area contributed by atoms with Gasteiger partial charge in [-0.2, -0.15) is 0 Å². The number of nitrogens with one attached hydrogen (secondary N) is 1. The van der Waals surface area contributed by atoms with Gasteiger partial charge in [0.15, 0.2) is 0 Å². The van der Waals surface area contributed by atoms with Crippen LogP contribution in [-0.4, -0.2) is 31.5 Å². The first-order valence-electron chi connectivity index (χ1n) is 5.62. The van der Waals surface area contributed by atoms with E-state index in [9.17, 15) is 0 Å². The third kappa shape index (κ3) is 2.17. The van der Waals surface area contributed by atoms with E-state index in [1.54, 1.807) is 28.5 Å². The highest BCUT2D eigenvalue weighted by Crippen LogP contribution is 2.27. The molecule has 3 aromatic heterocycles. The maximum atomic E-state index is 4.28. The fourth-order valence-electron chi connectivity index (χ4n) is 1.76. The minimum atomic E-state index is 0.754. The van der Waals surface area contributed by atoms with Crippen molar-refractivity contribution >= 4 is 27.4 Å². The summed E-state index contributed by atoms with van der Waals surface area (Å²) in [5.74, 6) is 0.879. The largest absolute Gasteiger partial charge is 0.368 e. The van der Waals surface area contributed by atoms with Gasteiger partial charge < -0.3 is 5.32 Å². The second-order valence-corrected chi connectivity index (χ2v) is 5.13. The Morgan fingerprint density at radius 2 is 2.33 bits per heavy atom. The normalized spacial score (nSPS) is 10.9. The Hall–Kier alpha value is -2.02. The summed E-state index contributed by atoms with van der Waals surface area (Å²) in [5.41, 5.74) is 0. The van der Waals surface area contributed by atoms with Gasteiger partial charge in [0.05, 0.1) is 18.1 Å². The second kappa shape index (κ2) is 4.69. The molecule has 0 atom stereocenters. The van der Waals surface area contributed by atoms with Crippen LogP contribution < -0.4 is 5.32 Å². The van der Waals surface area contributed by atoms with Crippen LogP contribution in [0, 0.1) is 6.92 Å². The van der Waals surface area contributed by atoms with E-state index in [1.165, 1.54) is 4.88 Å². The minimum Gasteiger partial charge on any atom is -0.368 e. The predicted molar refractivity (Wildman–Crippen MR) is 70.7 cm³/mol. The fraction of sp³-hybridized carbons (Fsp3) is 0.273. The summed E-state index contributed by atoms with van der Waals surface area (Å²) >= 11 is 1.68. The van der Waals surface area contributed by atoms with Gasteiger partial charge in [0.2, 0.25) is 0 Å². The molecule has 0 radical (unpaired) electrons. The summed E-state index contributed by atoms with van der Waals surface area (Å²) in [5, 5.41) is 12.1. The second-order valence-electron chi connectivity index (χ2n) is 3.89. The first kappa shape index (κ1) is 11.1. The number of hydrogen-bond donors (Lipinski definition) is 1. The number of aromatic nitrogens is 5. The summed E-state index contributed by atoms with van der Waals surface area (Å²) in [4.78, 5) is 10.8. The van der Waals surface area contributed by atoms with Gasteiger partial charge in [0, 0.05) is 17.6 Å². The molecule has 0 aromatic carbocycles. The van der Waals surface area contributed by atoms with Crippen LogP contribution in [0.3, 0.4) is 0 Å². The molecule has 0 amide bonds. The van der Waals surface area contributed by atoms with Crippen LogP contribution >= 0.6 is 11.3 Å². The molecular weight excluding hydrogens is 248 g/mol. The third-order valence-electron chi connectivity index (χ3n) is 2.56. The topological polar surface area (TPSA) is 68.5 Å². The number of thiophene rings is 1. The number of rotatable bonds is 4. The summed E-state index contributed by atoms with van der Waals surface area (Å²) in [6, 6.07) is 2.11. The Bertz CT molecular complexity index is 645. The zero-order valence-corrected chi connectivity index (χ0v) is 10.7. The van der Waals surface area contributed by atoms with Crippen LogP contribution in [0.15, 0.2) is 24.8 Å². The maximum Gasteiger partial charge on any atom is 0.138 e. The van der Waals surface area contributed by atoms with Gasteiger partial charge in [-0.05, 0) is 13.0 Å². The standard InChI is InChI=1S/C11H12N6S/c1-8-6-9-10(13-7-14-11(9)18-8)12-2-4-17-5-3-15-16-17/h3,5-7H,2,4H2,1H3,(H,12,13,14). The van der Waals surface area contributed by atoms with Crippen LogP contribution in [0.2, 0.25) is 0 Å². The average Bonchev–Trinajstić information content (AvgIpc) is 2.97. The van der Waals surface area contributed by atoms with E-state index in [-0.39, 0.29) is 0 Å². The van der Waals surface area contributed by atoms with Crippen molar-refractivity contribution in [3.05, 3.63) is 29.7 Å². The van der Waals surface area contributed by atoms with E-state index in [0.29, 0.717) is 0 Å². The number of nitrogens with zero attached hydrogens (tertiary/aromatic N) is 5. The van der Waals surface area contributed by atoms with E-state index in [0.717, 1.165) is 29.1 Å². The van der Waals surface area contributed by atoms with Crippen molar-refractivity contribution in [3.63, 3.8) is 0 Å². The molecule has 92 valence electrons. The van der Waals surface area contributed by atoms with Crippen molar-refractivity contribution < 1.29 is 0 Å². The highest BCUT2D eigenvalue weighted by Gasteiger charge is 2.06. The van der Waals surface area contributed by atoms with E-state index in [2.05, 4.69) is 38.6 Å². The Morgan fingerprint density at radius 3 is 3.17 bits per heavy atom. The monoisotopic (exact) mass is 260 g/mol. The van der Waals surface area contributed by atoms with Gasteiger partial charge in [-0.3, -0.25) is 4.68 Å². The van der Waals surface area contributed by atoms with Crippen molar-refractivity contribution in [3.8, 4) is 0 Å². The van der Waals surface area contributed by atoms with Crippen LogP contribution in [-0.2, 0) is 6.54 Å². The zero-order valence-electron chi connectivity index (χ0n) is 9.87. The molecule has 3 heterocycles. The third-order valence-corrected chi connectivity index (χ3v) is 3.52. The van der Waals surface area contributed by atoms with E-state index in [1.807, 2.05) is 6.20 Å². The molecule has 3 aromatic rings. The van der Waals surface area contributed by atoms with Crippen molar-refractivity contribution in [1.29, 1.82) is 0 Å². The maximum absolute atomic E-state index is 4.28. The first-order valence-corrected chi connectivity index (χ1v) is 6.44.